The van der Waals surface area contributed by atoms with Crippen molar-refractivity contribution in [1.29, 1.82) is 0 Å². The van der Waals surface area contributed by atoms with Crippen LogP contribution in [-0.4, -0.2) is 43.2 Å². The Morgan fingerprint density at radius 1 is 1.04 bits per heavy atom. The number of pyridine rings is 1. The first kappa shape index (κ1) is 17.5. The van der Waals surface area contributed by atoms with E-state index < -0.39 is 0 Å². The van der Waals surface area contributed by atoms with E-state index in [1.807, 2.05) is 12.1 Å². The summed E-state index contributed by atoms with van der Waals surface area (Å²) in [5.74, 6) is 1.99. The fraction of sp³-hybridized carbons (Fsp3) is 0.450. The fourth-order valence-electron chi connectivity index (χ4n) is 3.43. The highest BCUT2D eigenvalue weighted by Gasteiger charge is 2.17. The number of nitrogens with two attached hydrogens (primary N) is 1. The van der Waals surface area contributed by atoms with Gasteiger partial charge in [0.1, 0.15) is 11.6 Å². The number of anilines is 2. The summed E-state index contributed by atoms with van der Waals surface area (Å²) < 4.78 is 5.43. The van der Waals surface area contributed by atoms with Gasteiger partial charge in [0.15, 0.2) is 0 Å². The number of aromatic nitrogens is 1. The number of hydrogen-bond acceptors (Lipinski definition) is 5. The summed E-state index contributed by atoms with van der Waals surface area (Å²) in [7, 11) is 1.73. The molecule has 1 aliphatic heterocycles. The van der Waals surface area contributed by atoms with Crippen LogP contribution in [0.1, 0.15) is 23.1 Å². The van der Waals surface area contributed by atoms with Gasteiger partial charge in [-0.1, -0.05) is 6.07 Å². The van der Waals surface area contributed by atoms with Gasteiger partial charge >= 0.3 is 0 Å². The van der Waals surface area contributed by atoms with Gasteiger partial charge in [0.25, 0.3) is 0 Å². The fourth-order valence-corrected chi connectivity index (χ4v) is 3.43. The number of hydrogen-bond donors (Lipinski definition) is 1. The Morgan fingerprint density at radius 2 is 1.88 bits per heavy atom. The van der Waals surface area contributed by atoms with Gasteiger partial charge in [0, 0.05) is 32.7 Å². The monoisotopic (exact) mass is 340 g/mol. The van der Waals surface area contributed by atoms with Gasteiger partial charge in [-0.15, -0.1) is 0 Å². The van der Waals surface area contributed by atoms with Gasteiger partial charge in [-0.3, -0.25) is 4.90 Å². The summed E-state index contributed by atoms with van der Waals surface area (Å²) in [4.78, 5) is 9.35. The molecule has 1 aromatic carbocycles. The Hall–Kier alpha value is -2.27. The van der Waals surface area contributed by atoms with Crippen molar-refractivity contribution in [2.24, 2.45) is 0 Å². The van der Waals surface area contributed by atoms with Crippen LogP contribution in [0.25, 0.3) is 0 Å². The predicted octanol–water partition coefficient (Wildman–Crippen LogP) is 3.00. The van der Waals surface area contributed by atoms with Gasteiger partial charge in [-0.2, -0.15) is 0 Å². The van der Waals surface area contributed by atoms with Crippen molar-refractivity contribution in [3.05, 3.63) is 47.2 Å². The van der Waals surface area contributed by atoms with E-state index in [-0.39, 0.29) is 0 Å². The maximum absolute atomic E-state index is 5.74. The molecule has 0 aliphatic carbocycles. The second kappa shape index (κ2) is 7.74. The van der Waals surface area contributed by atoms with Crippen molar-refractivity contribution in [3.63, 3.8) is 0 Å². The van der Waals surface area contributed by atoms with Gasteiger partial charge in [-0.25, -0.2) is 4.98 Å². The van der Waals surface area contributed by atoms with E-state index in [0.717, 1.165) is 50.7 Å². The molecule has 0 amide bonds. The third-order valence-corrected chi connectivity index (χ3v) is 5.15. The Bertz CT molecular complexity index is 714. The van der Waals surface area contributed by atoms with Gasteiger partial charge in [0.2, 0.25) is 0 Å². The zero-order valence-corrected chi connectivity index (χ0v) is 15.5. The molecule has 3 rings (SSSR count). The first-order valence-corrected chi connectivity index (χ1v) is 8.90. The highest BCUT2D eigenvalue weighted by atomic mass is 16.5. The van der Waals surface area contributed by atoms with E-state index in [1.165, 1.54) is 16.7 Å². The quantitative estimate of drug-likeness (QED) is 0.927. The van der Waals surface area contributed by atoms with Gasteiger partial charge < -0.3 is 15.4 Å². The molecule has 0 saturated carbocycles. The third-order valence-electron chi connectivity index (χ3n) is 5.15. The van der Waals surface area contributed by atoms with Crippen LogP contribution in [0.15, 0.2) is 30.5 Å². The largest absolute Gasteiger partial charge is 0.496 e. The summed E-state index contributed by atoms with van der Waals surface area (Å²) in [5.41, 5.74) is 10.4. The summed E-state index contributed by atoms with van der Waals surface area (Å²) in [6, 6.07) is 8.22. The van der Waals surface area contributed by atoms with Crippen molar-refractivity contribution in [2.45, 2.75) is 26.8 Å². The molecule has 2 N–H and O–H groups in total. The van der Waals surface area contributed by atoms with E-state index >= 15 is 0 Å². The SMILES string of the molecule is COc1ccc(CN2CCCN(c3ccc(N)cn3)CC2)c(C)c1C. The number of rotatable bonds is 4. The summed E-state index contributed by atoms with van der Waals surface area (Å²) in [6.07, 6.45) is 2.88. The van der Waals surface area contributed by atoms with Crippen molar-refractivity contribution in [3.8, 4) is 5.75 Å². The average Bonchev–Trinajstić information content (AvgIpc) is 2.85. The van der Waals surface area contributed by atoms with Crippen LogP contribution < -0.4 is 15.4 Å². The molecule has 0 atom stereocenters. The van der Waals surface area contributed by atoms with Crippen LogP contribution in [0.2, 0.25) is 0 Å². The molecule has 0 spiro atoms. The minimum Gasteiger partial charge on any atom is -0.496 e. The molecule has 1 aliphatic rings. The van der Waals surface area contributed by atoms with E-state index in [1.54, 1.807) is 13.3 Å². The highest BCUT2D eigenvalue weighted by molar-refractivity contribution is 5.46. The normalized spacial score (nSPS) is 15.9. The smallest absolute Gasteiger partial charge is 0.128 e. The van der Waals surface area contributed by atoms with E-state index in [2.05, 4.69) is 40.8 Å². The van der Waals surface area contributed by atoms with E-state index in [0.29, 0.717) is 5.69 Å². The molecule has 1 aromatic heterocycles. The number of methoxy groups -OCH3 is 1. The molecule has 1 fully saturated rings. The Morgan fingerprint density at radius 3 is 2.60 bits per heavy atom. The Labute approximate surface area is 150 Å². The minimum absolute atomic E-state index is 0.713. The van der Waals surface area contributed by atoms with Crippen molar-refractivity contribution in [2.75, 3.05) is 43.9 Å². The lowest BCUT2D eigenvalue weighted by Crippen LogP contribution is -2.31. The Kier molecular flexibility index (Phi) is 5.43. The summed E-state index contributed by atoms with van der Waals surface area (Å²) in [6.45, 7) is 9.48. The lowest BCUT2D eigenvalue weighted by atomic mass is 10.0. The molecule has 134 valence electrons. The molecule has 0 radical (unpaired) electrons. The zero-order valence-electron chi connectivity index (χ0n) is 15.5. The highest BCUT2D eigenvalue weighted by Crippen LogP contribution is 2.25. The molecular formula is C20H28N4O. The van der Waals surface area contributed by atoms with Crippen molar-refractivity contribution in [1.82, 2.24) is 9.88 Å². The van der Waals surface area contributed by atoms with E-state index in [9.17, 15) is 0 Å². The lowest BCUT2D eigenvalue weighted by Gasteiger charge is -2.24. The van der Waals surface area contributed by atoms with Crippen LogP contribution in [0, 0.1) is 13.8 Å². The van der Waals surface area contributed by atoms with E-state index in [4.69, 9.17) is 10.5 Å². The Balaban J connectivity index is 1.66. The van der Waals surface area contributed by atoms with Crippen LogP contribution in [-0.2, 0) is 6.54 Å². The lowest BCUT2D eigenvalue weighted by molar-refractivity contribution is 0.284. The summed E-state index contributed by atoms with van der Waals surface area (Å²) in [5, 5.41) is 0. The van der Waals surface area contributed by atoms with Crippen LogP contribution in [0.5, 0.6) is 5.75 Å². The number of nitrogens with zero attached hydrogens (tertiary/aromatic N) is 3. The van der Waals surface area contributed by atoms with Gasteiger partial charge in [0.05, 0.1) is 19.0 Å². The maximum atomic E-state index is 5.74. The molecule has 5 nitrogen and oxygen atoms in total. The third kappa shape index (κ3) is 4.04. The maximum Gasteiger partial charge on any atom is 0.128 e. The van der Waals surface area contributed by atoms with Crippen LogP contribution in [0.3, 0.4) is 0 Å². The topological polar surface area (TPSA) is 54.6 Å². The standard InChI is InChI=1S/C20H28N4O/c1-15-16(2)19(25-3)7-5-17(15)14-23-9-4-10-24(12-11-23)20-8-6-18(21)13-22-20/h5-8,13H,4,9-12,14,21H2,1-3H3. The van der Waals surface area contributed by atoms with Crippen molar-refractivity contribution >= 4 is 11.5 Å². The van der Waals surface area contributed by atoms with Gasteiger partial charge in [-0.05, 0) is 55.2 Å². The molecule has 0 unspecified atom stereocenters. The number of ether oxygens (including phenoxy) is 1. The second-order valence-corrected chi connectivity index (χ2v) is 6.74. The molecule has 1 saturated heterocycles. The zero-order chi connectivity index (χ0) is 17.8. The molecule has 25 heavy (non-hydrogen) atoms. The molecule has 2 aromatic rings. The molecular weight excluding hydrogens is 312 g/mol. The average molecular weight is 340 g/mol. The number of benzene rings is 1. The first-order valence-electron chi connectivity index (χ1n) is 8.90. The minimum atomic E-state index is 0.713. The second-order valence-electron chi connectivity index (χ2n) is 6.74. The molecule has 0 bridgehead atoms. The molecule has 5 heteroatoms. The van der Waals surface area contributed by atoms with Crippen LogP contribution in [0.4, 0.5) is 11.5 Å². The number of nitrogen functional groups attached to an aromatic ring is 1. The van der Waals surface area contributed by atoms with Crippen molar-refractivity contribution < 1.29 is 4.74 Å². The van der Waals surface area contributed by atoms with Crippen LogP contribution >= 0.6 is 0 Å². The first-order chi connectivity index (χ1) is 12.1. The summed E-state index contributed by atoms with van der Waals surface area (Å²) >= 11 is 0. The predicted molar refractivity (Wildman–Crippen MR) is 103 cm³/mol. The molecule has 2 heterocycles.